The minimum atomic E-state index is -0.814. The van der Waals surface area contributed by atoms with Gasteiger partial charge < -0.3 is 15.6 Å². The normalized spacial score (nSPS) is 19.5. The molecule has 0 bridgehead atoms. The van der Waals surface area contributed by atoms with Crippen molar-refractivity contribution in [3.05, 3.63) is 29.3 Å². The van der Waals surface area contributed by atoms with Crippen molar-refractivity contribution in [3.8, 4) is 5.75 Å². The van der Waals surface area contributed by atoms with Gasteiger partial charge in [0.25, 0.3) is 0 Å². The molecule has 0 aliphatic carbocycles. The second-order valence-corrected chi connectivity index (χ2v) is 4.53. The Hall–Kier alpha value is -1.55. The summed E-state index contributed by atoms with van der Waals surface area (Å²) in [6.45, 7) is 2.37. The van der Waals surface area contributed by atoms with Gasteiger partial charge in [0.05, 0.1) is 6.42 Å². The fourth-order valence-corrected chi connectivity index (χ4v) is 2.24. The van der Waals surface area contributed by atoms with E-state index in [2.05, 4.69) is 0 Å². The average Bonchev–Trinajstić information content (AvgIpc) is 2.64. The van der Waals surface area contributed by atoms with Crippen LogP contribution in [0.3, 0.4) is 0 Å². The largest absolute Gasteiger partial charge is 0.490 e. The maximum Gasteiger partial charge on any atom is 0.304 e. The fourth-order valence-electron chi connectivity index (χ4n) is 2.24. The molecule has 0 spiro atoms. The second kappa shape index (κ2) is 4.75. The lowest BCUT2D eigenvalue weighted by Crippen LogP contribution is -2.16. The first-order chi connectivity index (χ1) is 8.10. The molecule has 2 unspecified atom stereocenters. The highest BCUT2D eigenvalue weighted by atomic mass is 16.5. The van der Waals surface area contributed by atoms with Gasteiger partial charge in [0, 0.05) is 12.3 Å². The molecule has 3 N–H and O–H groups in total. The summed E-state index contributed by atoms with van der Waals surface area (Å²) < 4.78 is 5.61. The van der Waals surface area contributed by atoms with E-state index < -0.39 is 5.97 Å². The zero-order valence-corrected chi connectivity index (χ0v) is 9.85. The quantitative estimate of drug-likeness (QED) is 0.830. The third-order valence-corrected chi connectivity index (χ3v) is 3.10. The van der Waals surface area contributed by atoms with Crippen molar-refractivity contribution in [1.82, 2.24) is 0 Å². The van der Waals surface area contributed by atoms with Gasteiger partial charge in [0.2, 0.25) is 0 Å². The van der Waals surface area contributed by atoms with Crippen molar-refractivity contribution >= 4 is 5.97 Å². The number of carbonyl (C=O) groups is 1. The third-order valence-electron chi connectivity index (χ3n) is 3.10. The maximum atomic E-state index is 10.7. The van der Waals surface area contributed by atoms with Crippen LogP contribution in [0.15, 0.2) is 18.2 Å². The Bertz CT molecular complexity index is 431. The monoisotopic (exact) mass is 235 g/mol. The van der Waals surface area contributed by atoms with Gasteiger partial charge in [0.1, 0.15) is 11.9 Å². The molecule has 4 nitrogen and oxygen atoms in total. The number of hydrogen-bond donors (Lipinski definition) is 2. The van der Waals surface area contributed by atoms with Crippen LogP contribution in [0.1, 0.15) is 30.4 Å². The number of fused-ring (bicyclic) bond motifs is 1. The zero-order chi connectivity index (χ0) is 12.4. The van der Waals surface area contributed by atoms with Crippen LogP contribution >= 0.6 is 0 Å². The van der Waals surface area contributed by atoms with E-state index >= 15 is 0 Å². The van der Waals surface area contributed by atoms with Gasteiger partial charge in [0.15, 0.2) is 0 Å². The first-order valence-electron chi connectivity index (χ1n) is 5.81. The molecule has 1 aliphatic heterocycles. The van der Waals surface area contributed by atoms with Crippen molar-refractivity contribution < 1.29 is 14.6 Å². The molecule has 0 radical (unpaired) electrons. The third kappa shape index (κ3) is 2.58. The van der Waals surface area contributed by atoms with E-state index in [0.29, 0.717) is 6.54 Å². The van der Waals surface area contributed by atoms with E-state index in [4.69, 9.17) is 15.6 Å². The molecule has 0 saturated carbocycles. The predicted molar refractivity (Wildman–Crippen MR) is 64.3 cm³/mol. The molecule has 0 aromatic heterocycles. The van der Waals surface area contributed by atoms with Gasteiger partial charge in [-0.1, -0.05) is 12.1 Å². The Kier molecular flexibility index (Phi) is 3.33. The van der Waals surface area contributed by atoms with Crippen LogP contribution in [-0.4, -0.2) is 23.7 Å². The van der Waals surface area contributed by atoms with Gasteiger partial charge in [-0.25, -0.2) is 0 Å². The van der Waals surface area contributed by atoms with Crippen LogP contribution in [0.2, 0.25) is 0 Å². The number of aliphatic carboxylic acids is 1. The van der Waals surface area contributed by atoms with Crippen molar-refractivity contribution in [2.75, 3.05) is 6.54 Å². The smallest absolute Gasteiger partial charge is 0.304 e. The van der Waals surface area contributed by atoms with Crippen molar-refractivity contribution in [3.63, 3.8) is 0 Å². The fraction of sp³-hybridized carbons (Fsp3) is 0.462. The molecular weight excluding hydrogens is 218 g/mol. The zero-order valence-electron chi connectivity index (χ0n) is 9.85. The molecule has 4 heteroatoms. The van der Waals surface area contributed by atoms with Crippen LogP contribution in [0.4, 0.5) is 0 Å². The number of rotatable bonds is 4. The van der Waals surface area contributed by atoms with Crippen LogP contribution in [-0.2, 0) is 11.2 Å². The standard InChI is InChI=1S/C13H17NO3/c1-8-4-10-5-9(2-3-12(10)17-8)11(7-14)6-13(15)16/h2-3,5,8,11H,4,6-7,14H2,1H3,(H,15,16). The van der Waals surface area contributed by atoms with Crippen LogP contribution in [0.5, 0.6) is 5.75 Å². The highest BCUT2D eigenvalue weighted by molar-refractivity contribution is 5.68. The highest BCUT2D eigenvalue weighted by Gasteiger charge is 2.21. The highest BCUT2D eigenvalue weighted by Crippen LogP contribution is 2.32. The average molecular weight is 235 g/mol. The maximum absolute atomic E-state index is 10.7. The number of ether oxygens (including phenoxy) is 1. The summed E-state index contributed by atoms with van der Waals surface area (Å²) in [6, 6.07) is 5.86. The summed E-state index contributed by atoms with van der Waals surface area (Å²) in [5.74, 6) is -0.0216. The predicted octanol–water partition coefficient (Wildman–Crippen LogP) is 1.53. The molecule has 1 aliphatic rings. The SMILES string of the molecule is CC1Cc2cc(C(CN)CC(=O)O)ccc2O1. The molecular formula is C13H17NO3. The summed E-state index contributed by atoms with van der Waals surface area (Å²) in [7, 11) is 0. The summed E-state index contributed by atoms with van der Waals surface area (Å²) in [5, 5.41) is 8.83. The molecule has 0 amide bonds. The van der Waals surface area contributed by atoms with E-state index in [1.807, 2.05) is 25.1 Å². The van der Waals surface area contributed by atoms with E-state index in [9.17, 15) is 4.79 Å². The number of benzene rings is 1. The van der Waals surface area contributed by atoms with Gasteiger partial charge in [-0.15, -0.1) is 0 Å². The molecule has 1 aromatic carbocycles. The van der Waals surface area contributed by atoms with Crippen LogP contribution in [0, 0.1) is 0 Å². The molecule has 0 saturated heterocycles. The van der Waals surface area contributed by atoms with Crippen molar-refractivity contribution in [2.24, 2.45) is 5.73 Å². The minimum absolute atomic E-state index is 0.0751. The Labute approximate surface area is 100 Å². The lowest BCUT2D eigenvalue weighted by molar-refractivity contribution is -0.137. The van der Waals surface area contributed by atoms with Gasteiger partial charge in [-0.3, -0.25) is 4.79 Å². The summed E-state index contributed by atoms with van der Waals surface area (Å²) >= 11 is 0. The van der Waals surface area contributed by atoms with Gasteiger partial charge in [-0.2, -0.15) is 0 Å². The Morgan fingerprint density at radius 1 is 1.65 bits per heavy atom. The van der Waals surface area contributed by atoms with Crippen LogP contribution in [0.25, 0.3) is 0 Å². The van der Waals surface area contributed by atoms with Crippen molar-refractivity contribution in [1.29, 1.82) is 0 Å². The second-order valence-electron chi connectivity index (χ2n) is 4.53. The minimum Gasteiger partial charge on any atom is -0.490 e. The van der Waals surface area contributed by atoms with E-state index in [1.54, 1.807) is 0 Å². The molecule has 2 rings (SSSR count). The Balaban J connectivity index is 2.22. The van der Waals surface area contributed by atoms with Gasteiger partial charge in [-0.05, 0) is 30.7 Å². The summed E-state index contributed by atoms with van der Waals surface area (Å²) in [5.41, 5.74) is 7.77. The lowest BCUT2D eigenvalue weighted by atomic mass is 9.93. The number of carboxylic acids is 1. The van der Waals surface area contributed by atoms with E-state index in [-0.39, 0.29) is 18.4 Å². The summed E-state index contributed by atoms with van der Waals surface area (Å²) in [4.78, 5) is 10.7. The molecule has 1 heterocycles. The number of nitrogens with two attached hydrogens (primary N) is 1. The molecule has 17 heavy (non-hydrogen) atoms. The summed E-state index contributed by atoms with van der Waals surface area (Å²) in [6.07, 6.45) is 1.16. The van der Waals surface area contributed by atoms with Crippen LogP contribution < -0.4 is 10.5 Å². The first kappa shape index (κ1) is 11.9. The van der Waals surface area contributed by atoms with Crippen molar-refractivity contribution in [2.45, 2.75) is 31.8 Å². The van der Waals surface area contributed by atoms with E-state index in [0.717, 1.165) is 23.3 Å². The Morgan fingerprint density at radius 3 is 3.06 bits per heavy atom. The first-order valence-corrected chi connectivity index (χ1v) is 5.81. The lowest BCUT2D eigenvalue weighted by Gasteiger charge is -2.13. The van der Waals surface area contributed by atoms with Gasteiger partial charge >= 0.3 is 5.97 Å². The molecule has 0 fully saturated rings. The number of carboxylic acid groups (broad SMARTS) is 1. The molecule has 92 valence electrons. The molecule has 2 atom stereocenters. The Morgan fingerprint density at radius 2 is 2.41 bits per heavy atom. The topological polar surface area (TPSA) is 72.6 Å². The molecule has 1 aromatic rings. The number of hydrogen-bond acceptors (Lipinski definition) is 3. The van der Waals surface area contributed by atoms with E-state index in [1.165, 1.54) is 0 Å².